The van der Waals surface area contributed by atoms with E-state index in [4.69, 9.17) is 9.47 Å². The highest BCUT2D eigenvalue weighted by Gasteiger charge is 2.14. The maximum atomic E-state index is 11.3. The van der Waals surface area contributed by atoms with E-state index in [0.29, 0.717) is 30.3 Å². The molecule has 6 nitrogen and oxygen atoms in total. The molecule has 0 aromatic heterocycles. The molecule has 0 unspecified atom stereocenters. The van der Waals surface area contributed by atoms with Gasteiger partial charge in [-0.3, -0.25) is 4.79 Å². The van der Waals surface area contributed by atoms with E-state index in [9.17, 15) is 14.7 Å². The third-order valence-corrected chi connectivity index (χ3v) is 4.47. The molecule has 0 atom stereocenters. The van der Waals surface area contributed by atoms with Gasteiger partial charge in [0.2, 0.25) is 5.91 Å². The first-order valence-electron chi connectivity index (χ1n) is 8.76. The highest BCUT2D eigenvalue weighted by atomic mass is 127. The number of rotatable bonds is 9. The Hall–Kier alpha value is -2.55. The maximum absolute atomic E-state index is 11.3. The molecular weight excluding hydrogens is 473 g/mol. The van der Waals surface area contributed by atoms with Gasteiger partial charge in [-0.2, -0.15) is 0 Å². The number of carboxylic acids is 1. The van der Waals surface area contributed by atoms with Crippen LogP contribution in [0.3, 0.4) is 0 Å². The Morgan fingerprint density at radius 3 is 2.50 bits per heavy atom. The number of aliphatic carboxylic acids is 1. The van der Waals surface area contributed by atoms with E-state index in [1.54, 1.807) is 12.1 Å². The molecule has 0 fully saturated rings. The molecule has 2 N–H and O–H groups in total. The van der Waals surface area contributed by atoms with Crippen LogP contribution >= 0.6 is 22.6 Å². The molecule has 0 aliphatic carbocycles. The van der Waals surface area contributed by atoms with Crippen LogP contribution in [-0.2, 0) is 16.0 Å². The summed E-state index contributed by atoms with van der Waals surface area (Å²) in [6, 6.07) is 13.5. The number of amides is 1. The van der Waals surface area contributed by atoms with Crippen LogP contribution in [0.2, 0.25) is 0 Å². The number of nitrogens with one attached hydrogen (secondary N) is 1. The number of carboxylic acid groups (broad SMARTS) is 1. The van der Waals surface area contributed by atoms with Crippen molar-refractivity contribution in [1.29, 1.82) is 0 Å². The van der Waals surface area contributed by atoms with Gasteiger partial charge in [0, 0.05) is 13.3 Å². The minimum absolute atomic E-state index is 0.205. The SMILES string of the molecule is CCOc1cc(/C=C(/NC(C)=O)C(=O)O)cc(I)c1OCCc1ccccc1. The first kappa shape index (κ1) is 21.7. The molecule has 0 bridgehead atoms. The van der Waals surface area contributed by atoms with Crippen molar-refractivity contribution >= 4 is 40.5 Å². The van der Waals surface area contributed by atoms with E-state index in [0.717, 1.165) is 9.99 Å². The van der Waals surface area contributed by atoms with E-state index in [2.05, 4.69) is 27.9 Å². The van der Waals surface area contributed by atoms with Crippen LogP contribution in [0.4, 0.5) is 0 Å². The summed E-state index contributed by atoms with van der Waals surface area (Å²) >= 11 is 2.13. The number of carbonyl (C=O) groups excluding carboxylic acids is 1. The summed E-state index contributed by atoms with van der Waals surface area (Å²) in [4.78, 5) is 22.6. The molecule has 2 aromatic rings. The molecule has 28 heavy (non-hydrogen) atoms. The van der Waals surface area contributed by atoms with E-state index in [1.165, 1.54) is 18.6 Å². The molecule has 0 aliphatic heterocycles. The number of hydrogen-bond donors (Lipinski definition) is 2. The predicted molar refractivity (Wildman–Crippen MR) is 115 cm³/mol. The monoisotopic (exact) mass is 495 g/mol. The van der Waals surface area contributed by atoms with Crippen molar-refractivity contribution in [1.82, 2.24) is 5.32 Å². The Balaban J connectivity index is 2.24. The summed E-state index contributed by atoms with van der Waals surface area (Å²) in [7, 11) is 0. The van der Waals surface area contributed by atoms with Crippen LogP contribution in [0.1, 0.15) is 25.0 Å². The van der Waals surface area contributed by atoms with Gasteiger partial charge in [-0.25, -0.2) is 4.79 Å². The predicted octanol–water partition coefficient (Wildman–Crippen LogP) is 3.87. The fourth-order valence-corrected chi connectivity index (χ4v) is 3.28. The van der Waals surface area contributed by atoms with E-state index in [-0.39, 0.29) is 5.70 Å². The van der Waals surface area contributed by atoms with Gasteiger partial charge in [-0.15, -0.1) is 0 Å². The number of carbonyl (C=O) groups is 2. The summed E-state index contributed by atoms with van der Waals surface area (Å²) < 4.78 is 12.4. The molecular formula is C21H22INO5. The lowest BCUT2D eigenvalue weighted by molar-refractivity contribution is -0.134. The smallest absolute Gasteiger partial charge is 0.352 e. The number of halogens is 1. The van der Waals surface area contributed by atoms with Crippen molar-refractivity contribution in [2.75, 3.05) is 13.2 Å². The zero-order valence-corrected chi connectivity index (χ0v) is 17.9. The summed E-state index contributed by atoms with van der Waals surface area (Å²) in [5.74, 6) is -0.520. The molecule has 0 radical (unpaired) electrons. The Kier molecular flexibility index (Phi) is 8.31. The van der Waals surface area contributed by atoms with Crippen molar-refractivity contribution in [3.63, 3.8) is 0 Å². The molecule has 0 saturated carbocycles. The van der Waals surface area contributed by atoms with Crippen molar-refractivity contribution < 1.29 is 24.2 Å². The highest BCUT2D eigenvalue weighted by Crippen LogP contribution is 2.35. The van der Waals surface area contributed by atoms with Crippen LogP contribution in [-0.4, -0.2) is 30.2 Å². The van der Waals surface area contributed by atoms with E-state index in [1.807, 2.05) is 37.3 Å². The first-order chi connectivity index (χ1) is 13.4. The summed E-state index contributed by atoms with van der Waals surface area (Å²) in [6.07, 6.45) is 2.15. The molecule has 0 aliphatic rings. The molecule has 1 amide bonds. The minimum Gasteiger partial charge on any atom is -0.490 e. The lowest BCUT2D eigenvalue weighted by atomic mass is 10.1. The average Bonchev–Trinajstić information content (AvgIpc) is 2.64. The molecule has 148 valence electrons. The highest BCUT2D eigenvalue weighted by molar-refractivity contribution is 14.1. The van der Waals surface area contributed by atoms with Gasteiger partial charge in [-0.05, 0) is 58.9 Å². The van der Waals surface area contributed by atoms with Gasteiger partial charge in [0.15, 0.2) is 11.5 Å². The molecule has 0 saturated heterocycles. The lowest BCUT2D eigenvalue weighted by Gasteiger charge is -2.15. The van der Waals surface area contributed by atoms with Crippen LogP contribution in [0, 0.1) is 3.57 Å². The van der Waals surface area contributed by atoms with Crippen molar-refractivity contribution in [2.45, 2.75) is 20.3 Å². The first-order valence-corrected chi connectivity index (χ1v) is 9.84. The Morgan fingerprint density at radius 2 is 1.89 bits per heavy atom. The Morgan fingerprint density at radius 1 is 1.18 bits per heavy atom. The van der Waals surface area contributed by atoms with Gasteiger partial charge in [0.25, 0.3) is 0 Å². The third kappa shape index (κ3) is 6.56. The Labute approximate surface area is 177 Å². The fourth-order valence-electron chi connectivity index (χ4n) is 2.50. The number of benzene rings is 2. The zero-order valence-electron chi connectivity index (χ0n) is 15.7. The van der Waals surface area contributed by atoms with Crippen molar-refractivity contribution in [3.05, 3.63) is 62.9 Å². The Bertz CT molecular complexity index is 865. The summed E-state index contributed by atoms with van der Waals surface area (Å²) in [5, 5.41) is 11.6. The van der Waals surface area contributed by atoms with Crippen LogP contribution in [0.15, 0.2) is 48.2 Å². The van der Waals surface area contributed by atoms with Crippen molar-refractivity contribution in [2.24, 2.45) is 0 Å². The number of hydrogen-bond acceptors (Lipinski definition) is 4. The topological polar surface area (TPSA) is 84.9 Å². The lowest BCUT2D eigenvalue weighted by Crippen LogP contribution is -2.24. The van der Waals surface area contributed by atoms with Gasteiger partial charge >= 0.3 is 5.97 Å². The molecule has 0 spiro atoms. The second-order valence-corrected chi connectivity index (χ2v) is 7.05. The number of ether oxygens (including phenoxy) is 2. The van der Waals surface area contributed by atoms with E-state index >= 15 is 0 Å². The van der Waals surface area contributed by atoms with Gasteiger partial charge in [0.05, 0.1) is 16.8 Å². The van der Waals surface area contributed by atoms with Crippen LogP contribution in [0.25, 0.3) is 6.08 Å². The quantitative estimate of drug-likeness (QED) is 0.408. The molecule has 2 aromatic carbocycles. The average molecular weight is 495 g/mol. The fraction of sp³-hybridized carbons (Fsp3) is 0.238. The van der Waals surface area contributed by atoms with E-state index < -0.39 is 11.9 Å². The minimum atomic E-state index is -1.22. The third-order valence-electron chi connectivity index (χ3n) is 3.66. The van der Waals surface area contributed by atoms with Gasteiger partial charge < -0.3 is 19.9 Å². The second kappa shape index (κ2) is 10.7. The van der Waals surface area contributed by atoms with Gasteiger partial charge in [-0.1, -0.05) is 30.3 Å². The zero-order chi connectivity index (χ0) is 20.5. The van der Waals surface area contributed by atoms with Crippen molar-refractivity contribution in [3.8, 4) is 11.5 Å². The van der Waals surface area contributed by atoms with Crippen LogP contribution in [0.5, 0.6) is 11.5 Å². The normalized spacial score (nSPS) is 11.0. The second-order valence-electron chi connectivity index (χ2n) is 5.89. The van der Waals surface area contributed by atoms with Gasteiger partial charge in [0.1, 0.15) is 5.70 Å². The summed E-state index contributed by atoms with van der Waals surface area (Å²) in [6.45, 7) is 4.05. The largest absolute Gasteiger partial charge is 0.490 e. The molecule has 7 heteroatoms. The molecule has 2 rings (SSSR count). The maximum Gasteiger partial charge on any atom is 0.352 e. The molecule has 0 heterocycles. The standard InChI is InChI=1S/C21H22INO5/c1-3-27-19-13-16(12-18(21(25)26)23-14(2)24)11-17(22)20(19)28-10-9-15-7-5-4-6-8-15/h4-8,11-13H,3,9-10H2,1-2H3,(H,23,24)(H,25,26)/b18-12+. The summed E-state index contributed by atoms with van der Waals surface area (Å²) in [5.41, 5.74) is 1.56. The van der Waals surface area contributed by atoms with Crippen LogP contribution < -0.4 is 14.8 Å².